The molecule has 0 aliphatic heterocycles. The van der Waals surface area contributed by atoms with E-state index >= 15 is 0 Å². The summed E-state index contributed by atoms with van der Waals surface area (Å²) in [5.41, 5.74) is 3.23. The average molecular weight is 351 g/mol. The molecule has 0 atom stereocenters. The number of pyridine rings is 1. The number of ether oxygens (including phenoxy) is 1. The number of anilines is 1. The van der Waals surface area contributed by atoms with E-state index in [9.17, 15) is 4.79 Å². The van der Waals surface area contributed by atoms with Crippen LogP contribution in [0.1, 0.15) is 36.2 Å². The number of halogens is 1. The third kappa shape index (κ3) is 3.35. The van der Waals surface area contributed by atoms with E-state index in [1.165, 1.54) is 0 Å². The lowest BCUT2D eigenvalue weighted by atomic mass is 10.1. The first-order valence-electron chi connectivity index (χ1n) is 7.08. The summed E-state index contributed by atoms with van der Waals surface area (Å²) in [5.74, 6) is -0.344. The Labute approximate surface area is 133 Å². The molecule has 0 fully saturated rings. The van der Waals surface area contributed by atoms with E-state index in [0.29, 0.717) is 12.2 Å². The Balaban J connectivity index is 2.66. The minimum absolute atomic E-state index is 0.344. The number of rotatable bonds is 5. The highest BCUT2D eigenvalue weighted by Crippen LogP contribution is 2.32. The van der Waals surface area contributed by atoms with Crippen molar-refractivity contribution in [1.29, 1.82) is 0 Å². The fourth-order valence-electron chi connectivity index (χ4n) is 2.20. The molecule has 4 nitrogen and oxygen atoms in total. The standard InChI is InChI=1S/C16H19BrN2O2/c1-4-6-18-14-11-7-10(3)8-13(17)15(11)19-9-12(14)16(20)21-5-2/h7-9H,4-6H2,1-3H3,(H,18,19). The molecule has 1 aromatic heterocycles. The van der Waals surface area contributed by atoms with Crippen LogP contribution in [0.2, 0.25) is 0 Å². The third-order valence-corrected chi connectivity index (χ3v) is 3.72. The van der Waals surface area contributed by atoms with Gasteiger partial charge in [0.2, 0.25) is 0 Å². The van der Waals surface area contributed by atoms with Gasteiger partial charge in [0.1, 0.15) is 5.56 Å². The van der Waals surface area contributed by atoms with Crippen LogP contribution in [0.3, 0.4) is 0 Å². The van der Waals surface area contributed by atoms with Crippen molar-refractivity contribution in [2.45, 2.75) is 27.2 Å². The van der Waals surface area contributed by atoms with Gasteiger partial charge in [0, 0.05) is 22.6 Å². The number of aryl methyl sites for hydroxylation is 1. The molecule has 0 radical (unpaired) electrons. The Bertz CT molecular complexity index is 671. The zero-order chi connectivity index (χ0) is 15.4. The topological polar surface area (TPSA) is 51.2 Å². The van der Waals surface area contributed by atoms with Crippen LogP contribution < -0.4 is 5.32 Å². The van der Waals surface area contributed by atoms with Crippen molar-refractivity contribution in [2.24, 2.45) is 0 Å². The van der Waals surface area contributed by atoms with Crippen LogP contribution in [-0.4, -0.2) is 24.1 Å². The first-order valence-corrected chi connectivity index (χ1v) is 7.87. The number of nitrogens with zero attached hydrogens (tertiary/aromatic N) is 1. The second-order valence-corrected chi connectivity index (χ2v) is 5.69. The summed E-state index contributed by atoms with van der Waals surface area (Å²) in [7, 11) is 0. The zero-order valence-corrected chi connectivity index (χ0v) is 14.1. The van der Waals surface area contributed by atoms with Gasteiger partial charge >= 0.3 is 5.97 Å². The summed E-state index contributed by atoms with van der Waals surface area (Å²) < 4.78 is 6.05. The number of hydrogen-bond donors (Lipinski definition) is 1. The Kier molecular flexibility index (Phi) is 5.17. The largest absolute Gasteiger partial charge is 0.462 e. The van der Waals surface area contributed by atoms with Crippen molar-refractivity contribution < 1.29 is 9.53 Å². The summed E-state index contributed by atoms with van der Waals surface area (Å²) in [5, 5.41) is 4.27. The molecule has 0 saturated heterocycles. The van der Waals surface area contributed by atoms with E-state index in [-0.39, 0.29) is 5.97 Å². The van der Waals surface area contributed by atoms with Crippen LogP contribution in [0, 0.1) is 6.92 Å². The molecular weight excluding hydrogens is 332 g/mol. The molecule has 1 N–H and O–H groups in total. The van der Waals surface area contributed by atoms with Crippen LogP contribution in [0.15, 0.2) is 22.8 Å². The number of benzene rings is 1. The van der Waals surface area contributed by atoms with E-state index in [4.69, 9.17) is 4.74 Å². The Hall–Kier alpha value is -1.62. The number of carbonyl (C=O) groups excluding carboxylic acids is 1. The summed E-state index contributed by atoms with van der Waals surface area (Å²) in [6, 6.07) is 4.05. The number of aromatic nitrogens is 1. The summed E-state index contributed by atoms with van der Waals surface area (Å²) in [6.07, 6.45) is 2.55. The van der Waals surface area contributed by atoms with Gasteiger partial charge in [-0.2, -0.15) is 0 Å². The molecule has 1 heterocycles. The highest BCUT2D eigenvalue weighted by Gasteiger charge is 2.17. The number of hydrogen-bond acceptors (Lipinski definition) is 4. The van der Waals surface area contributed by atoms with Crippen LogP contribution in [0.25, 0.3) is 10.9 Å². The highest BCUT2D eigenvalue weighted by atomic mass is 79.9. The molecule has 0 aliphatic rings. The van der Waals surface area contributed by atoms with Gasteiger partial charge < -0.3 is 10.1 Å². The fourth-order valence-corrected chi connectivity index (χ4v) is 2.88. The molecule has 1 aromatic carbocycles. The molecule has 2 aromatic rings. The first-order chi connectivity index (χ1) is 10.1. The Morgan fingerprint density at radius 1 is 1.38 bits per heavy atom. The lowest BCUT2D eigenvalue weighted by Gasteiger charge is -2.14. The maximum atomic E-state index is 12.1. The van der Waals surface area contributed by atoms with E-state index in [0.717, 1.165) is 39.6 Å². The van der Waals surface area contributed by atoms with Gasteiger partial charge in [-0.25, -0.2) is 4.79 Å². The lowest BCUT2D eigenvalue weighted by Crippen LogP contribution is -2.11. The number of fused-ring (bicyclic) bond motifs is 1. The molecule has 0 spiro atoms. The van der Waals surface area contributed by atoms with E-state index < -0.39 is 0 Å². The minimum Gasteiger partial charge on any atom is -0.462 e. The quantitative estimate of drug-likeness (QED) is 0.816. The molecule has 2 rings (SSSR count). The molecule has 0 saturated carbocycles. The third-order valence-electron chi connectivity index (χ3n) is 3.12. The van der Waals surface area contributed by atoms with Gasteiger partial charge in [0.05, 0.1) is 17.8 Å². The van der Waals surface area contributed by atoms with E-state index in [1.54, 1.807) is 13.1 Å². The van der Waals surface area contributed by atoms with Crippen molar-refractivity contribution in [3.63, 3.8) is 0 Å². The van der Waals surface area contributed by atoms with Gasteiger partial charge in [-0.1, -0.05) is 6.92 Å². The first kappa shape index (κ1) is 15.8. The van der Waals surface area contributed by atoms with Crippen molar-refractivity contribution >= 4 is 38.5 Å². The van der Waals surface area contributed by atoms with Gasteiger partial charge in [-0.05, 0) is 53.9 Å². The van der Waals surface area contributed by atoms with E-state index in [2.05, 4.69) is 33.2 Å². The summed E-state index contributed by atoms with van der Waals surface area (Å²) >= 11 is 3.54. The predicted octanol–water partition coefficient (Wildman–Crippen LogP) is 4.30. The molecule has 112 valence electrons. The van der Waals surface area contributed by atoms with Crippen molar-refractivity contribution in [1.82, 2.24) is 4.98 Å². The molecule has 0 unspecified atom stereocenters. The Morgan fingerprint density at radius 3 is 2.81 bits per heavy atom. The molecule has 21 heavy (non-hydrogen) atoms. The molecule has 0 aliphatic carbocycles. The Morgan fingerprint density at radius 2 is 2.14 bits per heavy atom. The van der Waals surface area contributed by atoms with Gasteiger partial charge in [-0.3, -0.25) is 4.98 Å². The summed E-state index contributed by atoms with van der Waals surface area (Å²) in [6.45, 7) is 7.04. The maximum Gasteiger partial charge on any atom is 0.341 e. The van der Waals surface area contributed by atoms with Gasteiger partial charge in [-0.15, -0.1) is 0 Å². The number of carbonyl (C=O) groups is 1. The second-order valence-electron chi connectivity index (χ2n) is 4.84. The van der Waals surface area contributed by atoms with Crippen LogP contribution in [0.4, 0.5) is 5.69 Å². The van der Waals surface area contributed by atoms with Crippen molar-refractivity contribution in [2.75, 3.05) is 18.5 Å². The molecule has 0 bridgehead atoms. The second kappa shape index (κ2) is 6.89. The minimum atomic E-state index is -0.344. The van der Waals surface area contributed by atoms with E-state index in [1.807, 2.05) is 19.1 Å². The fraction of sp³-hybridized carbons (Fsp3) is 0.375. The number of nitrogens with one attached hydrogen (secondary N) is 1. The van der Waals surface area contributed by atoms with Crippen molar-refractivity contribution in [3.8, 4) is 0 Å². The van der Waals surface area contributed by atoms with Gasteiger partial charge in [0.25, 0.3) is 0 Å². The van der Waals surface area contributed by atoms with Crippen molar-refractivity contribution in [3.05, 3.63) is 33.9 Å². The smallest absolute Gasteiger partial charge is 0.341 e. The molecular formula is C16H19BrN2O2. The van der Waals surface area contributed by atoms with Crippen LogP contribution in [0.5, 0.6) is 0 Å². The van der Waals surface area contributed by atoms with Crippen LogP contribution >= 0.6 is 15.9 Å². The lowest BCUT2D eigenvalue weighted by molar-refractivity contribution is 0.0527. The monoisotopic (exact) mass is 350 g/mol. The predicted molar refractivity (Wildman–Crippen MR) is 88.9 cm³/mol. The summed E-state index contributed by atoms with van der Waals surface area (Å²) in [4.78, 5) is 16.5. The molecule has 5 heteroatoms. The SMILES string of the molecule is CCCNc1c(C(=O)OCC)cnc2c(Br)cc(C)cc12. The average Bonchev–Trinajstić information content (AvgIpc) is 2.44. The highest BCUT2D eigenvalue weighted by molar-refractivity contribution is 9.10. The number of esters is 1. The van der Waals surface area contributed by atoms with Gasteiger partial charge in [0.15, 0.2) is 0 Å². The maximum absolute atomic E-state index is 12.1. The van der Waals surface area contributed by atoms with Crippen LogP contribution in [-0.2, 0) is 4.74 Å². The normalized spacial score (nSPS) is 10.7. The molecule has 0 amide bonds. The zero-order valence-electron chi connectivity index (χ0n) is 12.5.